The number of carbonyl (C=O) groups is 1. The van der Waals surface area contributed by atoms with Crippen LogP contribution < -0.4 is 0 Å². The Morgan fingerprint density at radius 2 is 0.559 bits per heavy atom. The monoisotopic (exact) mass is 985 g/mol. The fourth-order valence-electron chi connectivity index (χ4n) is 9.86. The third-order valence-electron chi connectivity index (χ3n) is 14.4. The van der Waals surface area contributed by atoms with E-state index in [2.05, 4.69) is 18.4 Å². The van der Waals surface area contributed by atoms with Crippen LogP contribution in [0, 0.1) is 0 Å². The lowest BCUT2D eigenvalue weighted by Gasteiger charge is -2.18. The van der Waals surface area contributed by atoms with E-state index < -0.39 is 13.9 Å². The molecule has 0 saturated carbocycles. The molecule has 8 heteroatoms. The van der Waals surface area contributed by atoms with Crippen molar-refractivity contribution in [3.05, 3.63) is 0 Å². The zero-order valence-electron chi connectivity index (χ0n) is 46.1. The number of phosphoric ester groups is 1. The summed E-state index contributed by atoms with van der Waals surface area (Å²) < 4.78 is 27.3. The van der Waals surface area contributed by atoms with Crippen molar-refractivity contribution in [2.24, 2.45) is 0 Å². The largest absolute Gasteiger partial charge is 0.469 e. The highest BCUT2D eigenvalue weighted by Crippen LogP contribution is 2.36. The molecule has 0 aliphatic heterocycles. The van der Waals surface area contributed by atoms with Gasteiger partial charge in [0.15, 0.2) is 0 Å². The van der Waals surface area contributed by atoms with Crippen molar-refractivity contribution in [2.45, 2.75) is 360 Å². The molecule has 0 heterocycles. The molecule has 0 rings (SSSR count). The Morgan fingerprint density at radius 1 is 0.338 bits per heavy atom. The van der Waals surface area contributed by atoms with Crippen LogP contribution in [0.4, 0.5) is 0 Å². The maximum absolute atomic E-state index is 12.5. The number of carbonyl (C=O) groups excluding carboxylic acids is 1. The van der Waals surface area contributed by atoms with Gasteiger partial charge in [-0.15, -0.1) is 0 Å². The average molecular weight is 986 g/mol. The molecule has 0 aromatic rings. The van der Waals surface area contributed by atoms with E-state index in [4.69, 9.17) is 9.47 Å². The number of rotatable bonds is 60. The van der Waals surface area contributed by atoms with Crippen LogP contribution in [0.25, 0.3) is 0 Å². The molecular weight excluding hydrogens is 864 g/mol. The molecule has 0 saturated heterocycles. The molecule has 7 nitrogen and oxygen atoms in total. The number of hydrogen-bond acceptors (Lipinski definition) is 5. The highest BCUT2D eigenvalue weighted by atomic mass is 31.2. The zero-order chi connectivity index (χ0) is 49.4. The van der Waals surface area contributed by atoms with Crippen LogP contribution in [0.15, 0.2) is 0 Å². The van der Waals surface area contributed by atoms with Crippen molar-refractivity contribution >= 4 is 13.8 Å². The first-order chi connectivity index (χ1) is 33.4. The van der Waals surface area contributed by atoms with Gasteiger partial charge in [0.05, 0.1) is 13.2 Å². The van der Waals surface area contributed by atoms with Crippen LogP contribution in [0.1, 0.15) is 354 Å². The molecule has 0 amide bonds. The Hall–Kier alpha value is -0.460. The average Bonchev–Trinajstić information content (AvgIpc) is 3.32. The lowest BCUT2D eigenvalue weighted by Crippen LogP contribution is -2.28. The summed E-state index contributed by atoms with van der Waals surface area (Å²) >= 11 is 0. The van der Waals surface area contributed by atoms with E-state index in [1.807, 2.05) is 0 Å². The number of ether oxygens (including phenoxy) is 2. The number of esters is 1. The van der Waals surface area contributed by atoms with Gasteiger partial charge in [0.1, 0.15) is 6.10 Å². The summed E-state index contributed by atoms with van der Waals surface area (Å²) in [6.07, 6.45) is 70.3. The predicted molar refractivity (Wildman–Crippen MR) is 295 cm³/mol. The van der Waals surface area contributed by atoms with Crippen molar-refractivity contribution in [1.29, 1.82) is 0 Å². The van der Waals surface area contributed by atoms with Crippen LogP contribution in [0.3, 0.4) is 0 Å². The van der Waals surface area contributed by atoms with Gasteiger partial charge in [-0.05, 0) is 12.8 Å². The first-order valence-electron chi connectivity index (χ1n) is 30.9. The molecule has 0 unspecified atom stereocenters. The van der Waals surface area contributed by atoms with Crippen LogP contribution in [-0.2, 0) is 23.4 Å². The predicted octanol–water partition coefficient (Wildman–Crippen LogP) is 20.7. The van der Waals surface area contributed by atoms with Gasteiger partial charge in [0.25, 0.3) is 0 Å². The van der Waals surface area contributed by atoms with Crippen LogP contribution >= 0.6 is 7.82 Å². The van der Waals surface area contributed by atoms with Gasteiger partial charge in [0, 0.05) is 13.0 Å². The summed E-state index contributed by atoms with van der Waals surface area (Å²) in [4.78, 5) is 30.9. The minimum Gasteiger partial charge on any atom is -0.457 e. The fraction of sp³-hybridized carbons (Fsp3) is 0.983. The molecule has 0 radical (unpaired) electrons. The van der Waals surface area contributed by atoms with Gasteiger partial charge in [0.2, 0.25) is 0 Å². The number of hydrogen-bond donors (Lipinski definition) is 2. The summed E-state index contributed by atoms with van der Waals surface area (Å²) in [5.41, 5.74) is 0. The highest BCUT2D eigenvalue weighted by Gasteiger charge is 2.21. The van der Waals surface area contributed by atoms with Gasteiger partial charge >= 0.3 is 13.8 Å². The summed E-state index contributed by atoms with van der Waals surface area (Å²) in [5, 5.41) is 0. The summed E-state index contributed by atoms with van der Waals surface area (Å²) in [5.74, 6) is -0.350. The molecule has 68 heavy (non-hydrogen) atoms. The fourth-order valence-corrected chi connectivity index (χ4v) is 10.2. The van der Waals surface area contributed by atoms with E-state index in [1.54, 1.807) is 0 Å². The Bertz CT molecular complexity index is 1000. The molecule has 0 aromatic heterocycles. The van der Waals surface area contributed by atoms with E-state index in [0.29, 0.717) is 13.0 Å². The van der Waals surface area contributed by atoms with E-state index in [0.717, 1.165) is 32.1 Å². The second kappa shape index (κ2) is 57.4. The molecule has 0 bridgehead atoms. The first kappa shape index (κ1) is 67.5. The van der Waals surface area contributed by atoms with Gasteiger partial charge in [-0.3, -0.25) is 9.32 Å². The molecule has 1 atom stereocenters. The van der Waals surface area contributed by atoms with Crippen LogP contribution in [0.2, 0.25) is 0 Å². The Balaban J connectivity index is 3.55. The van der Waals surface area contributed by atoms with Crippen LogP contribution in [-0.4, -0.2) is 41.7 Å². The maximum Gasteiger partial charge on any atom is 0.469 e. The Morgan fingerprint density at radius 3 is 0.794 bits per heavy atom. The first-order valence-corrected chi connectivity index (χ1v) is 32.4. The molecule has 0 aromatic carbocycles. The van der Waals surface area contributed by atoms with E-state index >= 15 is 0 Å². The van der Waals surface area contributed by atoms with Gasteiger partial charge in [-0.25, -0.2) is 4.57 Å². The minimum atomic E-state index is -4.66. The van der Waals surface area contributed by atoms with E-state index in [9.17, 15) is 19.1 Å². The minimum absolute atomic E-state index is 0.0878. The van der Waals surface area contributed by atoms with Gasteiger partial charge in [-0.2, -0.15) is 0 Å². The topological polar surface area (TPSA) is 102 Å². The molecule has 0 aliphatic carbocycles. The highest BCUT2D eigenvalue weighted by molar-refractivity contribution is 7.46. The third kappa shape index (κ3) is 59.8. The van der Waals surface area contributed by atoms with E-state index in [-0.39, 0.29) is 19.2 Å². The molecule has 2 N–H and O–H groups in total. The number of unbranched alkanes of at least 4 members (excludes halogenated alkanes) is 50. The van der Waals surface area contributed by atoms with Crippen molar-refractivity contribution in [3.8, 4) is 0 Å². The lowest BCUT2D eigenvalue weighted by molar-refractivity contribution is -0.154. The molecule has 0 spiro atoms. The van der Waals surface area contributed by atoms with Crippen molar-refractivity contribution in [2.75, 3.05) is 19.8 Å². The third-order valence-corrected chi connectivity index (χ3v) is 14.9. The quantitative estimate of drug-likeness (QED) is 0.0355. The molecule has 0 aliphatic rings. The Labute approximate surface area is 425 Å². The van der Waals surface area contributed by atoms with Gasteiger partial charge < -0.3 is 19.3 Å². The summed E-state index contributed by atoms with van der Waals surface area (Å²) in [6, 6.07) is 0. The van der Waals surface area contributed by atoms with Gasteiger partial charge in [-0.1, -0.05) is 335 Å². The second-order valence-corrected chi connectivity index (χ2v) is 22.6. The number of phosphoric acid groups is 1. The lowest BCUT2D eigenvalue weighted by atomic mass is 10.0. The summed E-state index contributed by atoms with van der Waals surface area (Å²) in [7, 11) is -4.66. The summed E-state index contributed by atoms with van der Waals surface area (Å²) in [6.45, 7) is 4.85. The standard InChI is InChI=1S/C60H121O7P/c1-3-5-7-9-11-13-15-17-19-21-23-25-26-27-28-29-30-31-32-33-34-35-36-37-39-41-43-45-47-49-51-53-55-60(61)67-59(58-66-68(62,63)64)57-65-56-54-52-50-48-46-44-42-40-38-24-22-20-18-16-14-12-10-8-6-4-2/h59H,3-58H2,1-2H3,(H2,62,63,64)/t59-/m1/s1. The smallest absolute Gasteiger partial charge is 0.457 e. The van der Waals surface area contributed by atoms with Crippen molar-refractivity contribution in [3.63, 3.8) is 0 Å². The van der Waals surface area contributed by atoms with E-state index in [1.165, 1.54) is 302 Å². The molecule has 0 fully saturated rings. The molecular formula is C60H121O7P. The normalized spacial score (nSPS) is 12.4. The van der Waals surface area contributed by atoms with Crippen LogP contribution in [0.5, 0.6) is 0 Å². The zero-order valence-corrected chi connectivity index (χ0v) is 47.0. The molecule has 408 valence electrons. The Kier molecular flexibility index (Phi) is 57.1. The van der Waals surface area contributed by atoms with Crippen molar-refractivity contribution in [1.82, 2.24) is 0 Å². The maximum atomic E-state index is 12.5. The van der Waals surface area contributed by atoms with Crippen molar-refractivity contribution < 1.29 is 33.1 Å². The second-order valence-electron chi connectivity index (χ2n) is 21.4. The SMILES string of the molecule is CCCCCCCCCCCCCCCCCCCCCCCCCCCCCCCCCCC(=O)O[C@H](COCCCCCCCCCCCCCCCCCCCCCC)COP(=O)(O)O.